The van der Waals surface area contributed by atoms with Crippen molar-refractivity contribution in [2.24, 2.45) is 0 Å². The average molecular weight is 489 g/mol. The molecule has 1 saturated heterocycles. The molecule has 1 atom stereocenters. The van der Waals surface area contributed by atoms with Crippen LogP contribution in [0.4, 0.5) is 5.69 Å². The van der Waals surface area contributed by atoms with E-state index in [0.29, 0.717) is 11.4 Å². The van der Waals surface area contributed by atoms with E-state index in [9.17, 15) is 21.6 Å². The number of carbonyl (C=O) groups is 1. The van der Waals surface area contributed by atoms with E-state index in [4.69, 9.17) is 0 Å². The normalized spacial score (nSPS) is 17.7. The number of aromatic nitrogens is 2. The van der Waals surface area contributed by atoms with Gasteiger partial charge in [-0.1, -0.05) is 24.3 Å². The van der Waals surface area contributed by atoms with Crippen LogP contribution < -0.4 is 10.0 Å². The summed E-state index contributed by atoms with van der Waals surface area (Å²) < 4.78 is 52.9. The number of anilines is 1. The summed E-state index contributed by atoms with van der Waals surface area (Å²) in [4.78, 5) is 12.8. The molecular weight excluding hydrogens is 464 g/mol. The van der Waals surface area contributed by atoms with Crippen molar-refractivity contribution < 1.29 is 21.6 Å². The van der Waals surface area contributed by atoms with E-state index in [2.05, 4.69) is 15.1 Å². The molecule has 0 radical (unpaired) electrons. The molecule has 3 aromatic rings. The van der Waals surface area contributed by atoms with Gasteiger partial charge in [-0.05, 0) is 50.6 Å². The third-order valence-corrected chi connectivity index (χ3v) is 8.78. The first kappa shape index (κ1) is 23.1. The molecule has 9 nitrogen and oxygen atoms in total. The van der Waals surface area contributed by atoms with Crippen LogP contribution in [0.1, 0.15) is 28.2 Å². The third-order valence-electron chi connectivity index (χ3n) is 5.49. The number of nitrogens with one attached hydrogen (secondary N) is 2. The lowest BCUT2D eigenvalue weighted by molar-refractivity contribution is 0.102. The fourth-order valence-corrected chi connectivity index (χ4v) is 6.90. The summed E-state index contributed by atoms with van der Waals surface area (Å²) in [5.74, 6) is -0.747. The lowest BCUT2D eigenvalue weighted by Crippen LogP contribution is -2.35. The van der Waals surface area contributed by atoms with Gasteiger partial charge in [0.25, 0.3) is 5.91 Å². The monoisotopic (exact) mass is 488 g/mol. The number of hydrogen-bond acceptors (Lipinski definition) is 6. The second-order valence-corrected chi connectivity index (χ2v) is 11.9. The first-order chi connectivity index (χ1) is 15.6. The maximum Gasteiger partial charge on any atom is 0.255 e. The minimum Gasteiger partial charge on any atom is -0.319 e. The second kappa shape index (κ2) is 8.73. The van der Waals surface area contributed by atoms with Crippen molar-refractivity contribution in [1.82, 2.24) is 14.5 Å². The van der Waals surface area contributed by atoms with Gasteiger partial charge >= 0.3 is 0 Å². The van der Waals surface area contributed by atoms with Crippen LogP contribution >= 0.6 is 0 Å². The van der Waals surface area contributed by atoms with Gasteiger partial charge in [-0.15, -0.1) is 0 Å². The van der Waals surface area contributed by atoms with Gasteiger partial charge in [0, 0.05) is 11.6 Å². The predicted octanol–water partition coefficient (Wildman–Crippen LogP) is 2.21. The summed E-state index contributed by atoms with van der Waals surface area (Å²) in [6.45, 7) is 3.62. The molecule has 2 N–H and O–H groups in total. The van der Waals surface area contributed by atoms with Crippen molar-refractivity contribution in [2.75, 3.05) is 16.8 Å². The van der Waals surface area contributed by atoms with E-state index in [0.717, 1.165) is 11.4 Å². The van der Waals surface area contributed by atoms with Gasteiger partial charge in [-0.3, -0.25) is 4.79 Å². The van der Waals surface area contributed by atoms with Crippen LogP contribution in [0.15, 0.2) is 59.5 Å². The summed E-state index contributed by atoms with van der Waals surface area (Å²) in [6, 6.07) is 14.5. The molecule has 2 heterocycles. The maximum absolute atomic E-state index is 12.9. The van der Waals surface area contributed by atoms with Crippen molar-refractivity contribution in [3.63, 3.8) is 0 Å². The van der Waals surface area contributed by atoms with Crippen LogP contribution in [-0.2, 0) is 19.9 Å². The van der Waals surface area contributed by atoms with Crippen LogP contribution in [0.2, 0.25) is 0 Å². The van der Waals surface area contributed by atoms with E-state index in [1.54, 1.807) is 11.6 Å². The number of para-hydroxylation sites is 1. The SMILES string of the molecule is Cc1nn(-c2ccccc2)c(C)c1NC(=O)c1cccc(S(=O)(=O)NC2CCS(=O)(=O)C2)c1. The molecule has 0 saturated carbocycles. The zero-order valence-electron chi connectivity index (χ0n) is 18.1. The Kier molecular flexibility index (Phi) is 6.12. The molecule has 11 heteroatoms. The Hall–Kier alpha value is -3.02. The molecular formula is C22H24N4O5S2. The number of hydrogen-bond donors (Lipinski definition) is 2. The Morgan fingerprint density at radius 2 is 1.82 bits per heavy atom. The van der Waals surface area contributed by atoms with E-state index in [1.165, 1.54) is 24.3 Å². The highest BCUT2D eigenvalue weighted by molar-refractivity contribution is 7.92. The van der Waals surface area contributed by atoms with Crippen LogP contribution in [0.3, 0.4) is 0 Å². The number of amides is 1. The molecule has 1 unspecified atom stereocenters. The van der Waals surface area contributed by atoms with E-state index < -0.39 is 31.8 Å². The second-order valence-electron chi connectivity index (χ2n) is 8.00. The standard InChI is InChI=1S/C22H24N4O5S2/c1-15-21(16(2)26(24-15)19-8-4-3-5-9-19)23-22(27)17-7-6-10-20(13-17)33(30,31)25-18-11-12-32(28,29)14-18/h3-10,13,18,25H,11-12,14H2,1-2H3,(H,23,27). The summed E-state index contributed by atoms with van der Waals surface area (Å²) in [7, 11) is -7.21. The zero-order valence-corrected chi connectivity index (χ0v) is 19.8. The zero-order chi connectivity index (χ0) is 23.8. The number of nitrogens with zero attached hydrogens (tertiary/aromatic N) is 2. The van der Waals surface area contributed by atoms with Crippen LogP contribution in [-0.4, -0.2) is 50.1 Å². The molecule has 4 rings (SSSR count). The van der Waals surface area contributed by atoms with Gasteiger partial charge in [-0.2, -0.15) is 5.10 Å². The van der Waals surface area contributed by atoms with Gasteiger partial charge in [0.2, 0.25) is 10.0 Å². The summed E-state index contributed by atoms with van der Waals surface area (Å²) in [5.41, 5.74) is 2.92. The molecule has 33 heavy (non-hydrogen) atoms. The molecule has 1 aliphatic rings. The highest BCUT2D eigenvalue weighted by Crippen LogP contribution is 2.24. The molecule has 2 aromatic carbocycles. The van der Waals surface area contributed by atoms with Gasteiger partial charge in [0.1, 0.15) is 0 Å². The molecule has 1 amide bonds. The van der Waals surface area contributed by atoms with Crippen LogP contribution in [0, 0.1) is 13.8 Å². The maximum atomic E-state index is 12.9. The average Bonchev–Trinajstić information content (AvgIpc) is 3.26. The van der Waals surface area contributed by atoms with Gasteiger partial charge in [0.05, 0.1) is 39.2 Å². The smallest absolute Gasteiger partial charge is 0.255 e. The molecule has 0 bridgehead atoms. The molecule has 0 spiro atoms. The quantitative estimate of drug-likeness (QED) is 0.548. The van der Waals surface area contributed by atoms with E-state index in [1.807, 2.05) is 37.3 Å². The number of carbonyl (C=O) groups excluding carboxylic acids is 1. The Morgan fingerprint density at radius 3 is 2.48 bits per heavy atom. The van der Waals surface area contributed by atoms with Crippen molar-refractivity contribution >= 4 is 31.5 Å². The van der Waals surface area contributed by atoms with Gasteiger partial charge in [0.15, 0.2) is 9.84 Å². The number of sulfone groups is 1. The van der Waals surface area contributed by atoms with Crippen molar-refractivity contribution in [3.8, 4) is 5.69 Å². The van der Waals surface area contributed by atoms with Crippen molar-refractivity contribution in [1.29, 1.82) is 0 Å². The summed E-state index contributed by atoms with van der Waals surface area (Å²) in [6.07, 6.45) is 0.228. The highest BCUT2D eigenvalue weighted by atomic mass is 32.2. The lowest BCUT2D eigenvalue weighted by atomic mass is 10.2. The third kappa shape index (κ3) is 5.00. The molecule has 174 valence electrons. The first-order valence-corrected chi connectivity index (χ1v) is 13.6. The summed E-state index contributed by atoms with van der Waals surface area (Å²) >= 11 is 0. The Balaban J connectivity index is 1.55. The minimum absolute atomic E-state index is 0.0437. The van der Waals surface area contributed by atoms with Gasteiger partial charge < -0.3 is 5.32 Å². The number of aryl methyl sites for hydroxylation is 1. The molecule has 1 fully saturated rings. The Labute approximate surface area is 192 Å². The fraction of sp³-hybridized carbons (Fsp3) is 0.273. The first-order valence-electron chi connectivity index (χ1n) is 10.3. The fourth-order valence-electron chi connectivity index (χ4n) is 3.81. The summed E-state index contributed by atoms with van der Waals surface area (Å²) in [5, 5.41) is 7.33. The molecule has 1 aliphatic heterocycles. The number of sulfonamides is 1. The molecule has 1 aromatic heterocycles. The lowest BCUT2D eigenvalue weighted by Gasteiger charge is -2.12. The van der Waals surface area contributed by atoms with Crippen molar-refractivity contribution in [3.05, 3.63) is 71.5 Å². The molecule has 0 aliphatic carbocycles. The minimum atomic E-state index is -3.98. The number of benzene rings is 2. The van der Waals surface area contributed by atoms with Crippen molar-refractivity contribution in [2.45, 2.75) is 31.2 Å². The topological polar surface area (TPSA) is 127 Å². The predicted molar refractivity (Wildman–Crippen MR) is 125 cm³/mol. The Morgan fingerprint density at radius 1 is 1.09 bits per heavy atom. The van der Waals surface area contributed by atoms with E-state index in [-0.39, 0.29) is 28.4 Å². The Bertz CT molecular complexity index is 1410. The number of rotatable bonds is 6. The van der Waals surface area contributed by atoms with Gasteiger partial charge in [-0.25, -0.2) is 26.2 Å². The van der Waals surface area contributed by atoms with Crippen LogP contribution in [0.5, 0.6) is 0 Å². The highest BCUT2D eigenvalue weighted by Gasteiger charge is 2.31. The van der Waals surface area contributed by atoms with E-state index >= 15 is 0 Å². The largest absolute Gasteiger partial charge is 0.319 e. The van der Waals surface area contributed by atoms with Crippen LogP contribution in [0.25, 0.3) is 5.69 Å².